The van der Waals surface area contributed by atoms with Crippen molar-refractivity contribution >= 4 is 18.2 Å². The molecule has 0 aromatic heterocycles. The summed E-state index contributed by atoms with van der Waals surface area (Å²) in [4.78, 5) is 36.1. The molecule has 1 saturated carbocycles. The topological polar surface area (TPSA) is 103 Å². The highest BCUT2D eigenvalue weighted by molar-refractivity contribution is 5.81. The molecule has 8 nitrogen and oxygen atoms in total. The van der Waals surface area contributed by atoms with Crippen LogP contribution in [0.25, 0.3) is 0 Å². The van der Waals surface area contributed by atoms with Gasteiger partial charge in [-0.3, -0.25) is 0 Å². The average Bonchev–Trinajstić information content (AvgIpc) is 3.43. The maximum absolute atomic E-state index is 12.1. The van der Waals surface area contributed by atoms with E-state index in [1.165, 1.54) is 7.11 Å². The molecule has 0 heterocycles. The number of hydrogen-bond donors (Lipinski definition) is 2. The lowest BCUT2D eigenvalue weighted by Crippen LogP contribution is -2.44. The Morgan fingerprint density at radius 1 is 1.10 bits per heavy atom. The van der Waals surface area contributed by atoms with Crippen LogP contribution in [0.1, 0.15) is 58.4 Å². The van der Waals surface area contributed by atoms with Crippen molar-refractivity contribution in [2.75, 3.05) is 7.11 Å². The molecular formula is C22H32N2O6. The van der Waals surface area contributed by atoms with Crippen molar-refractivity contribution in [1.29, 1.82) is 0 Å². The SMILES string of the molecule is COC(=O)[C@H](CCCC1(NC(=O)OCc2ccccc2)CC1)NC(=O)OC(C)(C)C. The van der Waals surface area contributed by atoms with E-state index in [1.807, 2.05) is 30.3 Å². The van der Waals surface area contributed by atoms with Gasteiger partial charge in [0.25, 0.3) is 0 Å². The molecule has 0 spiro atoms. The average molecular weight is 421 g/mol. The van der Waals surface area contributed by atoms with Crippen LogP contribution in [-0.4, -0.2) is 42.4 Å². The molecule has 1 fully saturated rings. The maximum atomic E-state index is 12.1. The van der Waals surface area contributed by atoms with E-state index in [-0.39, 0.29) is 12.1 Å². The van der Waals surface area contributed by atoms with Crippen LogP contribution in [0, 0.1) is 0 Å². The van der Waals surface area contributed by atoms with E-state index in [0.717, 1.165) is 18.4 Å². The molecule has 2 N–H and O–H groups in total. The zero-order chi connectivity index (χ0) is 22.2. The highest BCUT2D eigenvalue weighted by Crippen LogP contribution is 2.40. The molecule has 1 aromatic carbocycles. The highest BCUT2D eigenvalue weighted by Gasteiger charge is 2.44. The standard InChI is InChI=1S/C22H32N2O6/c1-21(2,3)30-19(26)23-17(18(25)28-4)11-8-12-22(13-14-22)24-20(27)29-15-16-9-6-5-7-10-16/h5-7,9-10,17H,8,11-15H2,1-4H3,(H,23,26)(H,24,27)/t17-/m0/s1. The third-order valence-corrected chi connectivity index (χ3v) is 4.76. The number of alkyl carbamates (subject to hydrolysis) is 2. The summed E-state index contributed by atoms with van der Waals surface area (Å²) in [6.45, 7) is 5.46. The summed E-state index contributed by atoms with van der Waals surface area (Å²) in [6.07, 6.45) is 2.28. The Morgan fingerprint density at radius 3 is 2.33 bits per heavy atom. The van der Waals surface area contributed by atoms with Crippen molar-refractivity contribution in [1.82, 2.24) is 10.6 Å². The van der Waals surface area contributed by atoms with Crippen LogP contribution in [0.3, 0.4) is 0 Å². The van der Waals surface area contributed by atoms with E-state index in [0.29, 0.717) is 19.3 Å². The van der Waals surface area contributed by atoms with E-state index >= 15 is 0 Å². The van der Waals surface area contributed by atoms with Crippen LogP contribution in [0.2, 0.25) is 0 Å². The zero-order valence-corrected chi connectivity index (χ0v) is 18.2. The number of methoxy groups -OCH3 is 1. The minimum absolute atomic E-state index is 0.215. The number of nitrogens with one attached hydrogen (secondary N) is 2. The van der Waals surface area contributed by atoms with Crippen molar-refractivity contribution in [3.63, 3.8) is 0 Å². The third kappa shape index (κ3) is 8.31. The van der Waals surface area contributed by atoms with Crippen LogP contribution in [0.4, 0.5) is 9.59 Å². The largest absolute Gasteiger partial charge is 0.467 e. The van der Waals surface area contributed by atoms with Crippen LogP contribution >= 0.6 is 0 Å². The number of benzene rings is 1. The van der Waals surface area contributed by atoms with Crippen molar-refractivity contribution in [3.05, 3.63) is 35.9 Å². The first-order valence-corrected chi connectivity index (χ1v) is 10.2. The summed E-state index contributed by atoms with van der Waals surface area (Å²) in [5, 5.41) is 5.50. The Balaban J connectivity index is 1.77. The van der Waals surface area contributed by atoms with Crippen molar-refractivity contribution < 1.29 is 28.6 Å². The first kappa shape index (κ1) is 23.5. The van der Waals surface area contributed by atoms with Gasteiger partial charge < -0.3 is 24.8 Å². The van der Waals surface area contributed by atoms with Gasteiger partial charge in [-0.1, -0.05) is 30.3 Å². The molecule has 0 saturated heterocycles. The number of ether oxygens (including phenoxy) is 3. The monoisotopic (exact) mass is 420 g/mol. The molecule has 1 aromatic rings. The number of carbonyl (C=O) groups is 3. The molecule has 0 bridgehead atoms. The van der Waals surface area contributed by atoms with Gasteiger partial charge in [0.05, 0.1) is 7.11 Å². The van der Waals surface area contributed by atoms with Gasteiger partial charge in [0, 0.05) is 5.54 Å². The molecule has 0 aliphatic heterocycles. The van der Waals surface area contributed by atoms with Crippen LogP contribution in [0.15, 0.2) is 30.3 Å². The Morgan fingerprint density at radius 2 is 1.77 bits per heavy atom. The number of carbonyl (C=O) groups excluding carboxylic acids is 3. The molecule has 2 amide bonds. The second-order valence-electron chi connectivity index (χ2n) is 8.58. The summed E-state index contributed by atoms with van der Waals surface area (Å²) < 4.78 is 15.3. The van der Waals surface area contributed by atoms with Gasteiger partial charge in [0.15, 0.2) is 0 Å². The van der Waals surface area contributed by atoms with Gasteiger partial charge in [0.1, 0.15) is 18.2 Å². The Hall–Kier alpha value is -2.77. The molecule has 30 heavy (non-hydrogen) atoms. The fourth-order valence-corrected chi connectivity index (χ4v) is 3.05. The Labute approximate surface area is 177 Å². The lowest BCUT2D eigenvalue weighted by molar-refractivity contribution is -0.143. The fraction of sp³-hybridized carbons (Fsp3) is 0.591. The van der Waals surface area contributed by atoms with Crippen molar-refractivity contribution in [3.8, 4) is 0 Å². The maximum Gasteiger partial charge on any atom is 0.408 e. The second kappa shape index (κ2) is 10.3. The van der Waals surface area contributed by atoms with E-state index in [4.69, 9.17) is 14.2 Å². The van der Waals surface area contributed by atoms with Crippen molar-refractivity contribution in [2.45, 2.75) is 76.7 Å². The second-order valence-corrected chi connectivity index (χ2v) is 8.58. The summed E-state index contributed by atoms with van der Waals surface area (Å²) in [5.41, 5.74) is -0.0423. The molecule has 0 radical (unpaired) electrons. The van der Waals surface area contributed by atoms with Gasteiger partial charge in [-0.05, 0) is 58.4 Å². The molecule has 1 atom stereocenters. The summed E-state index contributed by atoms with van der Waals surface area (Å²) >= 11 is 0. The first-order chi connectivity index (χ1) is 14.1. The van der Waals surface area contributed by atoms with E-state index in [1.54, 1.807) is 20.8 Å². The lowest BCUT2D eigenvalue weighted by atomic mass is 10.0. The smallest absolute Gasteiger partial charge is 0.408 e. The number of hydrogen-bond acceptors (Lipinski definition) is 6. The lowest BCUT2D eigenvalue weighted by Gasteiger charge is -2.23. The minimum atomic E-state index is -0.800. The third-order valence-electron chi connectivity index (χ3n) is 4.76. The van der Waals surface area contributed by atoms with Gasteiger partial charge in [-0.2, -0.15) is 0 Å². The molecule has 166 valence electrons. The normalized spacial score (nSPS) is 15.5. The van der Waals surface area contributed by atoms with Crippen LogP contribution in [0.5, 0.6) is 0 Å². The molecule has 8 heteroatoms. The first-order valence-electron chi connectivity index (χ1n) is 10.2. The number of esters is 1. The molecular weight excluding hydrogens is 388 g/mol. The Kier molecular flexibility index (Phi) is 8.08. The predicted octanol–water partition coefficient (Wildman–Crippen LogP) is 3.68. The molecule has 1 aliphatic rings. The number of amides is 2. The van der Waals surface area contributed by atoms with Crippen LogP contribution in [-0.2, 0) is 25.6 Å². The van der Waals surface area contributed by atoms with Gasteiger partial charge in [0.2, 0.25) is 0 Å². The quantitative estimate of drug-likeness (QED) is 0.467. The molecule has 2 rings (SSSR count). The van der Waals surface area contributed by atoms with Crippen molar-refractivity contribution in [2.24, 2.45) is 0 Å². The van der Waals surface area contributed by atoms with Gasteiger partial charge in [-0.25, -0.2) is 14.4 Å². The van der Waals surface area contributed by atoms with Gasteiger partial charge in [-0.15, -0.1) is 0 Å². The zero-order valence-electron chi connectivity index (χ0n) is 18.2. The summed E-state index contributed by atoms with van der Waals surface area (Å²) in [7, 11) is 1.28. The minimum Gasteiger partial charge on any atom is -0.467 e. The fourth-order valence-electron chi connectivity index (χ4n) is 3.05. The number of rotatable bonds is 9. The summed E-state index contributed by atoms with van der Waals surface area (Å²) in [6, 6.07) is 8.67. The molecule has 1 aliphatic carbocycles. The molecule has 0 unspecified atom stereocenters. The van der Waals surface area contributed by atoms with E-state index < -0.39 is 29.8 Å². The Bertz CT molecular complexity index is 725. The predicted molar refractivity (Wildman–Crippen MR) is 111 cm³/mol. The van der Waals surface area contributed by atoms with Crippen LogP contribution < -0.4 is 10.6 Å². The van der Waals surface area contributed by atoms with Gasteiger partial charge >= 0.3 is 18.2 Å². The summed E-state index contributed by atoms with van der Waals surface area (Å²) in [5.74, 6) is -0.527. The van der Waals surface area contributed by atoms with E-state index in [2.05, 4.69) is 10.6 Å². The van der Waals surface area contributed by atoms with E-state index in [9.17, 15) is 14.4 Å². The highest BCUT2D eigenvalue weighted by atomic mass is 16.6.